The molecule has 1 aromatic rings. The molecule has 3 rings (SSSR count). The minimum atomic E-state index is -0.481. The average Bonchev–Trinajstić information content (AvgIpc) is 2.99. The quantitative estimate of drug-likeness (QED) is 0.913. The number of aliphatic hydroxyl groups excluding tert-OH is 1. The highest BCUT2D eigenvalue weighted by molar-refractivity contribution is 5.03. The van der Waals surface area contributed by atoms with Gasteiger partial charge in [-0.2, -0.15) is 4.98 Å². The molecule has 6 heteroatoms. The highest BCUT2D eigenvalue weighted by Gasteiger charge is 2.39. The molecular formula is C15H24N2O4. The number of nitrogens with zero attached hydrogens (tertiary/aromatic N) is 2. The molecule has 6 nitrogen and oxygen atoms in total. The van der Waals surface area contributed by atoms with Crippen molar-refractivity contribution in [1.29, 1.82) is 0 Å². The molecule has 1 saturated carbocycles. The molecule has 0 amide bonds. The lowest BCUT2D eigenvalue weighted by Gasteiger charge is -2.32. The maximum Gasteiger partial charge on any atom is 0.227 e. The van der Waals surface area contributed by atoms with Crippen LogP contribution in [0.3, 0.4) is 0 Å². The molecule has 2 heterocycles. The second-order valence-electron chi connectivity index (χ2n) is 6.14. The van der Waals surface area contributed by atoms with Crippen molar-refractivity contribution < 1.29 is 19.1 Å². The molecule has 1 aliphatic carbocycles. The van der Waals surface area contributed by atoms with E-state index in [1.54, 1.807) is 7.11 Å². The fourth-order valence-electron chi connectivity index (χ4n) is 3.39. The highest BCUT2D eigenvalue weighted by Crippen LogP contribution is 2.34. The van der Waals surface area contributed by atoms with E-state index in [2.05, 4.69) is 10.1 Å². The van der Waals surface area contributed by atoms with E-state index in [1.807, 2.05) is 0 Å². The number of hydrogen-bond acceptors (Lipinski definition) is 6. The zero-order valence-corrected chi connectivity index (χ0v) is 12.6. The predicted molar refractivity (Wildman–Crippen MR) is 74.7 cm³/mol. The fourth-order valence-corrected chi connectivity index (χ4v) is 3.39. The van der Waals surface area contributed by atoms with Gasteiger partial charge in [0.1, 0.15) is 5.60 Å². The Kier molecular flexibility index (Phi) is 4.57. The van der Waals surface area contributed by atoms with Crippen molar-refractivity contribution in [3.63, 3.8) is 0 Å². The normalized spacial score (nSPS) is 29.4. The highest BCUT2D eigenvalue weighted by atomic mass is 16.5. The van der Waals surface area contributed by atoms with Crippen LogP contribution in [0.1, 0.15) is 50.2 Å². The molecule has 0 bridgehead atoms. The summed E-state index contributed by atoms with van der Waals surface area (Å²) in [7, 11) is 1.69. The zero-order valence-electron chi connectivity index (χ0n) is 12.6. The summed E-state index contributed by atoms with van der Waals surface area (Å²) in [5.74, 6) is 1.47. The van der Waals surface area contributed by atoms with Crippen molar-refractivity contribution in [2.24, 2.45) is 5.92 Å². The lowest BCUT2D eigenvalue weighted by molar-refractivity contribution is -0.101. The van der Waals surface area contributed by atoms with Crippen LogP contribution in [0.15, 0.2) is 4.52 Å². The van der Waals surface area contributed by atoms with E-state index in [0.717, 1.165) is 32.1 Å². The molecule has 1 saturated heterocycles. The molecule has 2 unspecified atom stereocenters. The van der Waals surface area contributed by atoms with Gasteiger partial charge >= 0.3 is 0 Å². The second kappa shape index (κ2) is 6.42. The van der Waals surface area contributed by atoms with Crippen LogP contribution in [0.5, 0.6) is 0 Å². The van der Waals surface area contributed by atoms with Crippen molar-refractivity contribution in [3.05, 3.63) is 11.7 Å². The van der Waals surface area contributed by atoms with Crippen molar-refractivity contribution in [1.82, 2.24) is 10.1 Å². The van der Waals surface area contributed by atoms with Crippen LogP contribution in [-0.4, -0.2) is 41.7 Å². The Hall–Kier alpha value is -0.980. The molecular weight excluding hydrogens is 272 g/mol. The van der Waals surface area contributed by atoms with Gasteiger partial charge in [0.15, 0.2) is 0 Å². The van der Waals surface area contributed by atoms with Crippen molar-refractivity contribution in [3.8, 4) is 0 Å². The van der Waals surface area contributed by atoms with Gasteiger partial charge in [0.2, 0.25) is 11.7 Å². The van der Waals surface area contributed by atoms with Gasteiger partial charge in [0.05, 0.1) is 6.10 Å². The summed E-state index contributed by atoms with van der Waals surface area (Å²) in [5, 5.41) is 14.2. The molecule has 1 aromatic heterocycles. The Bertz CT molecular complexity index is 456. The Labute approximate surface area is 124 Å². The minimum absolute atomic E-state index is 0.236. The minimum Gasteiger partial charge on any atom is -0.393 e. The monoisotopic (exact) mass is 296 g/mol. The standard InChI is InChI=1S/C15H24N2O4/c1-19-15(6-8-20-9-7-15)14-16-13(21-17-14)10-11-4-2-3-5-12(11)18/h11-12,18H,2-10H2,1H3. The zero-order chi connectivity index (χ0) is 14.7. The topological polar surface area (TPSA) is 77.6 Å². The van der Waals surface area contributed by atoms with E-state index in [0.29, 0.717) is 31.3 Å². The first-order valence-corrected chi connectivity index (χ1v) is 7.87. The van der Waals surface area contributed by atoms with Crippen LogP contribution in [0.4, 0.5) is 0 Å². The number of aromatic nitrogens is 2. The smallest absolute Gasteiger partial charge is 0.227 e. The van der Waals surface area contributed by atoms with E-state index in [-0.39, 0.29) is 12.0 Å². The fraction of sp³-hybridized carbons (Fsp3) is 0.867. The SMILES string of the molecule is COC1(c2noc(CC3CCCCC3O)n2)CCOCC1. The van der Waals surface area contributed by atoms with Crippen LogP contribution in [0.25, 0.3) is 0 Å². The lowest BCUT2D eigenvalue weighted by atomic mass is 9.84. The van der Waals surface area contributed by atoms with Crippen LogP contribution in [0.2, 0.25) is 0 Å². The van der Waals surface area contributed by atoms with Gasteiger partial charge in [-0.15, -0.1) is 0 Å². The summed E-state index contributed by atoms with van der Waals surface area (Å²) in [6, 6.07) is 0. The maximum absolute atomic E-state index is 10.1. The van der Waals surface area contributed by atoms with Crippen molar-refractivity contribution in [2.75, 3.05) is 20.3 Å². The Balaban J connectivity index is 1.70. The third-order valence-electron chi connectivity index (χ3n) is 4.87. The number of hydrogen-bond donors (Lipinski definition) is 1. The number of ether oxygens (including phenoxy) is 2. The van der Waals surface area contributed by atoms with Crippen molar-refractivity contribution in [2.45, 2.75) is 56.7 Å². The summed E-state index contributed by atoms with van der Waals surface area (Å²) in [6.45, 7) is 1.30. The average molecular weight is 296 g/mol. The first-order valence-electron chi connectivity index (χ1n) is 7.87. The maximum atomic E-state index is 10.1. The molecule has 0 spiro atoms. The van der Waals surface area contributed by atoms with E-state index in [4.69, 9.17) is 14.0 Å². The van der Waals surface area contributed by atoms with Gasteiger partial charge in [0.25, 0.3) is 0 Å². The first kappa shape index (κ1) is 14.9. The molecule has 1 N–H and O–H groups in total. The van der Waals surface area contributed by atoms with E-state index >= 15 is 0 Å². The van der Waals surface area contributed by atoms with Gasteiger partial charge in [-0.25, -0.2) is 0 Å². The molecule has 2 fully saturated rings. The summed E-state index contributed by atoms with van der Waals surface area (Å²) < 4.78 is 16.5. The Morgan fingerprint density at radius 1 is 1.29 bits per heavy atom. The third-order valence-corrected chi connectivity index (χ3v) is 4.87. The summed E-state index contributed by atoms with van der Waals surface area (Å²) in [5.41, 5.74) is -0.481. The van der Waals surface area contributed by atoms with Crippen LogP contribution >= 0.6 is 0 Å². The van der Waals surface area contributed by atoms with E-state index in [1.165, 1.54) is 6.42 Å². The van der Waals surface area contributed by atoms with Crippen LogP contribution < -0.4 is 0 Å². The van der Waals surface area contributed by atoms with Gasteiger partial charge in [-0.1, -0.05) is 18.0 Å². The van der Waals surface area contributed by atoms with Crippen molar-refractivity contribution >= 4 is 0 Å². The third kappa shape index (κ3) is 3.12. The number of aliphatic hydroxyl groups is 1. The molecule has 2 atom stereocenters. The summed E-state index contributed by atoms with van der Waals surface area (Å²) in [4.78, 5) is 4.54. The van der Waals surface area contributed by atoms with Crippen LogP contribution in [-0.2, 0) is 21.5 Å². The summed E-state index contributed by atoms with van der Waals surface area (Å²) >= 11 is 0. The Morgan fingerprint density at radius 2 is 2.05 bits per heavy atom. The molecule has 2 aliphatic rings. The van der Waals surface area contributed by atoms with E-state index < -0.39 is 5.60 Å². The number of methoxy groups -OCH3 is 1. The Morgan fingerprint density at radius 3 is 2.76 bits per heavy atom. The van der Waals surface area contributed by atoms with Gasteiger partial charge < -0.3 is 19.1 Å². The van der Waals surface area contributed by atoms with Gasteiger partial charge in [-0.3, -0.25) is 0 Å². The molecule has 0 radical (unpaired) electrons. The van der Waals surface area contributed by atoms with E-state index in [9.17, 15) is 5.11 Å². The van der Waals surface area contributed by atoms with Gasteiger partial charge in [0, 0.05) is 39.6 Å². The molecule has 1 aliphatic heterocycles. The summed E-state index contributed by atoms with van der Waals surface area (Å²) in [6.07, 6.45) is 6.09. The predicted octanol–water partition coefficient (Wildman–Crippen LogP) is 1.82. The second-order valence-corrected chi connectivity index (χ2v) is 6.14. The number of rotatable bonds is 4. The molecule has 21 heavy (non-hydrogen) atoms. The lowest BCUT2D eigenvalue weighted by Crippen LogP contribution is -2.36. The van der Waals surface area contributed by atoms with Crippen LogP contribution in [0, 0.1) is 5.92 Å². The first-order chi connectivity index (χ1) is 10.2. The molecule has 0 aromatic carbocycles. The molecule has 118 valence electrons. The van der Waals surface area contributed by atoms with Gasteiger partial charge in [-0.05, 0) is 18.8 Å². The largest absolute Gasteiger partial charge is 0.393 e.